The van der Waals surface area contributed by atoms with Crippen molar-refractivity contribution in [3.8, 4) is 5.75 Å². The van der Waals surface area contributed by atoms with Gasteiger partial charge in [0.05, 0.1) is 0 Å². The third-order valence-corrected chi connectivity index (χ3v) is 7.51. The maximum absolute atomic E-state index is 12.9. The van der Waals surface area contributed by atoms with Crippen molar-refractivity contribution in [3.05, 3.63) is 30.3 Å². The van der Waals surface area contributed by atoms with Crippen molar-refractivity contribution in [2.45, 2.75) is 97.0 Å². The lowest BCUT2D eigenvalue weighted by Gasteiger charge is -2.59. The lowest BCUT2D eigenvalue weighted by molar-refractivity contribution is -0.173. The Balaban J connectivity index is 1.47. The van der Waals surface area contributed by atoms with Crippen LogP contribution in [0.15, 0.2) is 30.3 Å². The second-order valence-corrected chi connectivity index (χ2v) is 11.6. The van der Waals surface area contributed by atoms with Gasteiger partial charge in [0.15, 0.2) is 0 Å². The molecule has 1 aromatic carbocycles. The van der Waals surface area contributed by atoms with Crippen LogP contribution in [0.3, 0.4) is 0 Å². The molecule has 3 atom stereocenters. The molecule has 4 aliphatic rings. The van der Waals surface area contributed by atoms with Crippen LogP contribution in [-0.2, 0) is 14.3 Å². The Kier molecular flexibility index (Phi) is 6.66. The lowest BCUT2D eigenvalue weighted by atomic mass is 9.47. The fraction of sp³-hybridized carbons (Fsp3) is 0.704. The number of carbonyl (C=O) groups excluding carboxylic acids is 2. The average molecular weight is 458 g/mol. The van der Waals surface area contributed by atoms with E-state index in [0.29, 0.717) is 0 Å². The first-order valence-electron chi connectivity index (χ1n) is 12.4. The first kappa shape index (κ1) is 23.9. The highest BCUT2D eigenvalue weighted by molar-refractivity contribution is 5.81. The fourth-order valence-corrected chi connectivity index (χ4v) is 6.78. The van der Waals surface area contributed by atoms with Gasteiger partial charge >= 0.3 is 12.1 Å². The molecule has 0 spiro atoms. The zero-order chi connectivity index (χ0) is 23.8. The van der Waals surface area contributed by atoms with Gasteiger partial charge < -0.3 is 19.5 Å². The van der Waals surface area contributed by atoms with Crippen LogP contribution in [0, 0.1) is 23.2 Å². The van der Waals surface area contributed by atoms with E-state index in [1.807, 2.05) is 37.3 Å². The molecule has 1 aromatic rings. The lowest BCUT2D eigenvalue weighted by Crippen LogP contribution is -2.57. The number of nitrogens with one attached hydrogen (secondary N) is 1. The molecule has 4 aliphatic carbocycles. The minimum absolute atomic E-state index is 0.0338. The summed E-state index contributed by atoms with van der Waals surface area (Å²) in [6.07, 6.45) is 6.16. The molecule has 5 rings (SSSR count). The van der Waals surface area contributed by atoms with E-state index in [0.717, 1.165) is 42.8 Å². The third-order valence-electron chi connectivity index (χ3n) is 7.51. The number of carbonyl (C=O) groups is 2. The summed E-state index contributed by atoms with van der Waals surface area (Å²) in [5.41, 5.74) is -0.597. The number of hydrogen-bond acceptors (Lipinski definition) is 5. The largest absolute Gasteiger partial charge is 0.486 e. The molecule has 182 valence electrons. The molecule has 0 radical (unpaired) electrons. The van der Waals surface area contributed by atoms with Gasteiger partial charge in [-0.25, -0.2) is 9.59 Å². The molecule has 1 N–H and O–H groups in total. The third kappa shape index (κ3) is 5.64. The molecule has 4 bridgehead atoms. The summed E-state index contributed by atoms with van der Waals surface area (Å²) in [6.45, 7) is 8.92. The van der Waals surface area contributed by atoms with E-state index in [4.69, 9.17) is 14.2 Å². The van der Waals surface area contributed by atoms with Gasteiger partial charge in [-0.15, -0.1) is 0 Å². The second kappa shape index (κ2) is 9.19. The van der Waals surface area contributed by atoms with E-state index in [1.54, 1.807) is 27.7 Å². The van der Waals surface area contributed by atoms with Crippen LogP contribution < -0.4 is 10.1 Å². The van der Waals surface area contributed by atoms with E-state index >= 15 is 0 Å². The number of esters is 1. The van der Waals surface area contributed by atoms with Crippen molar-refractivity contribution in [1.82, 2.24) is 5.32 Å². The molecular weight excluding hydrogens is 418 g/mol. The zero-order valence-electron chi connectivity index (χ0n) is 20.6. The number of benzene rings is 1. The van der Waals surface area contributed by atoms with Gasteiger partial charge in [-0.1, -0.05) is 18.2 Å². The van der Waals surface area contributed by atoms with E-state index in [1.165, 1.54) is 19.3 Å². The normalized spacial score (nSPS) is 30.8. The summed E-state index contributed by atoms with van der Waals surface area (Å²) in [4.78, 5) is 25.0. The van der Waals surface area contributed by atoms with Gasteiger partial charge in [0.1, 0.15) is 29.6 Å². The zero-order valence-corrected chi connectivity index (χ0v) is 20.6. The molecular formula is C27H39NO5. The maximum Gasteiger partial charge on any atom is 0.408 e. The average Bonchev–Trinajstić information content (AvgIpc) is 2.70. The van der Waals surface area contributed by atoms with Crippen LogP contribution in [0.1, 0.15) is 73.1 Å². The topological polar surface area (TPSA) is 73.9 Å². The van der Waals surface area contributed by atoms with Gasteiger partial charge in [-0.2, -0.15) is 0 Å². The molecule has 4 fully saturated rings. The Labute approximate surface area is 197 Å². The SMILES string of the molecule is C[C@H](NC(=O)OC(C)(C)C)C(=O)O[C@@H](C)[C@H](Oc1ccccc1)C12CC3CC(CC(C3)C1)C2. The Morgan fingerprint density at radius 2 is 1.52 bits per heavy atom. The molecule has 0 heterocycles. The predicted octanol–water partition coefficient (Wildman–Crippen LogP) is 5.50. The maximum atomic E-state index is 12.9. The number of amides is 1. The monoisotopic (exact) mass is 457 g/mol. The number of hydrogen-bond donors (Lipinski definition) is 1. The summed E-state index contributed by atoms with van der Waals surface area (Å²) in [5, 5.41) is 2.59. The van der Waals surface area contributed by atoms with Gasteiger partial charge in [0.25, 0.3) is 0 Å². The van der Waals surface area contributed by atoms with Crippen LogP contribution in [-0.4, -0.2) is 35.9 Å². The number of ether oxygens (including phenoxy) is 3. The van der Waals surface area contributed by atoms with Gasteiger partial charge in [-0.05, 0) is 103 Å². The van der Waals surface area contributed by atoms with Gasteiger partial charge in [0.2, 0.25) is 0 Å². The molecule has 6 heteroatoms. The van der Waals surface area contributed by atoms with Crippen LogP contribution in [0.2, 0.25) is 0 Å². The first-order valence-corrected chi connectivity index (χ1v) is 12.4. The number of rotatable bonds is 7. The van der Waals surface area contributed by atoms with Crippen molar-refractivity contribution in [2.75, 3.05) is 0 Å². The summed E-state index contributed by atoms with van der Waals surface area (Å²) >= 11 is 0. The van der Waals surface area contributed by atoms with Crippen LogP contribution in [0.4, 0.5) is 4.79 Å². The fourth-order valence-electron chi connectivity index (χ4n) is 6.78. The smallest absolute Gasteiger partial charge is 0.408 e. The van der Waals surface area contributed by atoms with Crippen LogP contribution in [0.25, 0.3) is 0 Å². The van der Waals surface area contributed by atoms with E-state index < -0.39 is 29.8 Å². The molecule has 0 unspecified atom stereocenters. The molecule has 6 nitrogen and oxygen atoms in total. The van der Waals surface area contributed by atoms with E-state index in [2.05, 4.69) is 5.32 Å². The number of para-hydroxylation sites is 1. The van der Waals surface area contributed by atoms with Gasteiger partial charge in [-0.3, -0.25) is 0 Å². The van der Waals surface area contributed by atoms with Crippen molar-refractivity contribution in [3.63, 3.8) is 0 Å². The van der Waals surface area contributed by atoms with Crippen LogP contribution >= 0.6 is 0 Å². The summed E-state index contributed by atoms with van der Waals surface area (Å²) in [6, 6.07) is 9.03. The summed E-state index contributed by atoms with van der Waals surface area (Å²) in [5.74, 6) is 2.61. The molecule has 0 aliphatic heterocycles. The van der Waals surface area contributed by atoms with Crippen LogP contribution in [0.5, 0.6) is 5.75 Å². The standard InChI is InChI=1S/C27H39NO5/c1-17(28-25(30)33-26(3,4)5)24(29)31-18(2)23(32-22-9-7-6-8-10-22)27-14-19-11-20(15-27)13-21(12-19)16-27/h6-10,17-21,23H,11-16H2,1-5H3,(H,28,30)/t17-,18-,19?,20?,21?,23-,27?/m0/s1. The first-order chi connectivity index (χ1) is 15.5. The Bertz CT molecular complexity index is 811. The van der Waals surface area contributed by atoms with Crippen molar-refractivity contribution >= 4 is 12.1 Å². The Morgan fingerprint density at radius 1 is 0.970 bits per heavy atom. The highest BCUT2D eigenvalue weighted by atomic mass is 16.6. The van der Waals surface area contributed by atoms with E-state index in [9.17, 15) is 9.59 Å². The minimum Gasteiger partial charge on any atom is -0.486 e. The molecule has 4 saturated carbocycles. The van der Waals surface area contributed by atoms with Gasteiger partial charge in [0, 0.05) is 5.41 Å². The summed E-state index contributed by atoms with van der Waals surface area (Å²) < 4.78 is 17.8. The van der Waals surface area contributed by atoms with Crippen molar-refractivity contribution < 1.29 is 23.8 Å². The molecule has 33 heavy (non-hydrogen) atoms. The quantitative estimate of drug-likeness (QED) is 0.548. The number of alkyl carbamates (subject to hydrolysis) is 1. The molecule has 0 saturated heterocycles. The molecule has 0 aromatic heterocycles. The Morgan fingerprint density at radius 3 is 2.03 bits per heavy atom. The van der Waals surface area contributed by atoms with Crippen molar-refractivity contribution in [1.29, 1.82) is 0 Å². The van der Waals surface area contributed by atoms with Crippen molar-refractivity contribution in [2.24, 2.45) is 23.2 Å². The summed E-state index contributed by atoms with van der Waals surface area (Å²) in [7, 11) is 0. The molecule has 1 amide bonds. The highest BCUT2D eigenvalue weighted by Crippen LogP contribution is 2.62. The Hall–Kier alpha value is -2.24. The van der Waals surface area contributed by atoms with E-state index in [-0.39, 0.29) is 11.5 Å². The second-order valence-electron chi connectivity index (χ2n) is 11.6. The highest BCUT2D eigenvalue weighted by Gasteiger charge is 2.57. The minimum atomic E-state index is -0.809. The predicted molar refractivity (Wildman–Crippen MR) is 126 cm³/mol.